The van der Waals surface area contributed by atoms with Crippen molar-refractivity contribution in [1.82, 2.24) is 4.90 Å². The molecule has 0 aromatic heterocycles. The SMILES string of the molecule is Fc1cccc(Br)c1NC1CCN(Cc2ccccc2)C1. The van der Waals surface area contributed by atoms with Crippen LogP contribution in [0.5, 0.6) is 0 Å². The molecule has 1 aliphatic heterocycles. The standard InChI is InChI=1S/C17H18BrFN2/c18-15-7-4-8-16(19)17(15)20-14-9-10-21(12-14)11-13-5-2-1-3-6-13/h1-8,14,20H,9-12H2. The second-order valence-electron chi connectivity index (χ2n) is 5.45. The van der Waals surface area contributed by atoms with E-state index >= 15 is 0 Å². The fourth-order valence-electron chi connectivity index (χ4n) is 2.78. The topological polar surface area (TPSA) is 15.3 Å². The first kappa shape index (κ1) is 14.5. The Hall–Kier alpha value is -1.39. The number of anilines is 1. The highest BCUT2D eigenvalue weighted by Crippen LogP contribution is 2.27. The fraction of sp³-hybridized carbons (Fsp3) is 0.294. The molecule has 1 N–H and O–H groups in total. The fourth-order valence-corrected chi connectivity index (χ4v) is 3.23. The monoisotopic (exact) mass is 348 g/mol. The van der Waals surface area contributed by atoms with Gasteiger partial charge in [-0.2, -0.15) is 0 Å². The van der Waals surface area contributed by atoms with Gasteiger partial charge in [0.2, 0.25) is 0 Å². The van der Waals surface area contributed by atoms with E-state index in [-0.39, 0.29) is 5.82 Å². The van der Waals surface area contributed by atoms with Crippen molar-refractivity contribution in [2.24, 2.45) is 0 Å². The zero-order valence-electron chi connectivity index (χ0n) is 11.7. The van der Waals surface area contributed by atoms with Crippen LogP contribution in [0.15, 0.2) is 53.0 Å². The summed E-state index contributed by atoms with van der Waals surface area (Å²) in [6.07, 6.45) is 1.04. The summed E-state index contributed by atoms with van der Waals surface area (Å²) in [6, 6.07) is 15.8. The highest BCUT2D eigenvalue weighted by Gasteiger charge is 2.23. The maximum absolute atomic E-state index is 13.8. The van der Waals surface area contributed by atoms with Gasteiger partial charge in [-0.1, -0.05) is 36.4 Å². The number of hydrogen-bond acceptors (Lipinski definition) is 2. The van der Waals surface area contributed by atoms with Gasteiger partial charge in [0.1, 0.15) is 5.82 Å². The molecule has 3 rings (SSSR count). The molecular formula is C17H18BrFN2. The number of hydrogen-bond donors (Lipinski definition) is 1. The number of benzene rings is 2. The second-order valence-corrected chi connectivity index (χ2v) is 6.30. The first-order chi connectivity index (χ1) is 10.2. The van der Waals surface area contributed by atoms with Crippen molar-refractivity contribution in [3.8, 4) is 0 Å². The average molecular weight is 349 g/mol. The smallest absolute Gasteiger partial charge is 0.147 e. The molecule has 1 aliphatic rings. The van der Waals surface area contributed by atoms with Gasteiger partial charge < -0.3 is 5.32 Å². The van der Waals surface area contributed by atoms with Gasteiger partial charge in [-0.15, -0.1) is 0 Å². The summed E-state index contributed by atoms with van der Waals surface area (Å²) >= 11 is 3.41. The van der Waals surface area contributed by atoms with Crippen molar-refractivity contribution in [3.63, 3.8) is 0 Å². The Morgan fingerprint density at radius 1 is 1.14 bits per heavy atom. The lowest BCUT2D eigenvalue weighted by Crippen LogP contribution is -2.26. The van der Waals surface area contributed by atoms with Crippen molar-refractivity contribution in [2.45, 2.75) is 19.0 Å². The first-order valence-corrected chi connectivity index (χ1v) is 7.98. The van der Waals surface area contributed by atoms with Crippen LogP contribution >= 0.6 is 15.9 Å². The summed E-state index contributed by atoms with van der Waals surface area (Å²) < 4.78 is 14.6. The molecule has 0 saturated carbocycles. The molecule has 21 heavy (non-hydrogen) atoms. The van der Waals surface area contributed by atoms with Gasteiger partial charge >= 0.3 is 0 Å². The summed E-state index contributed by atoms with van der Waals surface area (Å²) in [5.41, 5.74) is 1.90. The van der Waals surface area contributed by atoms with E-state index in [1.54, 1.807) is 6.07 Å². The zero-order valence-corrected chi connectivity index (χ0v) is 13.3. The molecule has 1 heterocycles. The van der Waals surface area contributed by atoms with Gasteiger partial charge in [0.05, 0.1) is 5.69 Å². The summed E-state index contributed by atoms with van der Waals surface area (Å²) in [4.78, 5) is 2.40. The third-order valence-electron chi connectivity index (χ3n) is 3.83. The number of halogens is 2. The number of rotatable bonds is 4. The van der Waals surface area contributed by atoms with Gasteiger partial charge in [0.25, 0.3) is 0 Å². The van der Waals surface area contributed by atoms with E-state index in [2.05, 4.69) is 50.4 Å². The quantitative estimate of drug-likeness (QED) is 0.887. The van der Waals surface area contributed by atoms with E-state index in [1.165, 1.54) is 11.6 Å². The van der Waals surface area contributed by atoms with Gasteiger partial charge in [-0.3, -0.25) is 4.90 Å². The van der Waals surface area contributed by atoms with Crippen LogP contribution in [-0.4, -0.2) is 24.0 Å². The van der Waals surface area contributed by atoms with Gasteiger partial charge in [0, 0.05) is 30.1 Å². The molecule has 1 unspecified atom stereocenters. The van der Waals surface area contributed by atoms with Crippen molar-refractivity contribution in [2.75, 3.05) is 18.4 Å². The lowest BCUT2D eigenvalue weighted by Gasteiger charge is -2.18. The molecule has 1 atom stereocenters. The predicted molar refractivity (Wildman–Crippen MR) is 87.8 cm³/mol. The van der Waals surface area contributed by atoms with Crippen molar-refractivity contribution < 1.29 is 4.39 Å². The van der Waals surface area contributed by atoms with Crippen molar-refractivity contribution in [1.29, 1.82) is 0 Å². The normalized spacial score (nSPS) is 18.9. The lowest BCUT2D eigenvalue weighted by atomic mass is 10.2. The minimum Gasteiger partial charge on any atom is -0.378 e. The largest absolute Gasteiger partial charge is 0.378 e. The third-order valence-corrected chi connectivity index (χ3v) is 4.49. The predicted octanol–water partition coefficient (Wildman–Crippen LogP) is 4.27. The van der Waals surface area contributed by atoms with Crippen LogP contribution in [0.4, 0.5) is 10.1 Å². The molecular weight excluding hydrogens is 331 g/mol. The molecule has 0 amide bonds. The van der Waals surface area contributed by atoms with E-state index < -0.39 is 0 Å². The molecule has 0 aliphatic carbocycles. The van der Waals surface area contributed by atoms with Crippen molar-refractivity contribution in [3.05, 3.63) is 64.4 Å². The summed E-state index contributed by atoms with van der Waals surface area (Å²) in [5, 5.41) is 3.33. The van der Waals surface area contributed by atoms with Gasteiger partial charge in [-0.05, 0) is 40.0 Å². The minimum absolute atomic E-state index is 0.203. The van der Waals surface area contributed by atoms with E-state index in [4.69, 9.17) is 0 Å². The summed E-state index contributed by atoms with van der Waals surface area (Å²) in [5.74, 6) is -0.203. The molecule has 2 aromatic carbocycles. The Morgan fingerprint density at radius 2 is 1.95 bits per heavy atom. The second kappa shape index (κ2) is 6.58. The lowest BCUT2D eigenvalue weighted by molar-refractivity contribution is 0.328. The molecule has 0 radical (unpaired) electrons. The number of nitrogens with zero attached hydrogens (tertiary/aromatic N) is 1. The summed E-state index contributed by atoms with van der Waals surface area (Å²) in [7, 11) is 0. The number of nitrogens with one attached hydrogen (secondary N) is 1. The summed E-state index contributed by atoms with van der Waals surface area (Å²) in [6.45, 7) is 2.94. The van der Waals surface area contributed by atoms with E-state index in [0.717, 1.165) is 30.5 Å². The first-order valence-electron chi connectivity index (χ1n) is 7.19. The highest BCUT2D eigenvalue weighted by molar-refractivity contribution is 9.10. The molecule has 1 fully saturated rings. The Balaban J connectivity index is 1.60. The Bertz CT molecular complexity index is 583. The molecule has 4 heteroatoms. The number of para-hydroxylation sites is 1. The molecule has 0 bridgehead atoms. The average Bonchev–Trinajstić information content (AvgIpc) is 2.91. The van der Waals surface area contributed by atoms with Crippen LogP contribution in [0.1, 0.15) is 12.0 Å². The van der Waals surface area contributed by atoms with Crippen molar-refractivity contribution >= 4 is 21.6 Å². The van der Waals surface area contributed by atoms with Gasteiger partial charge in [0.15, 0.2) is 0 Å². The Labute approximate surface area is 133 Å². The van der Waals surface area contributed by atoms with Crippen LogP contribution in [0.3, 0.4) is 0 Å². The molecule has 0 spiro atoms. The molecule has 2 aromatic rings. The zero-order chi connectivity index (χ0) is 14.7. The Kier molecular flexibility index (Phi) is 4.56. The third kappa shape index (κ3) is 3.63. The molecule has 110 valence electrons. The van der Waals surface area contributed by atoms with Crippen LogP contribution < -0.4 is 5.32 Å². The van der Waals surface area contributed by atoms with Crippen LogP contribution in [0.2, 0.25) is 0 Å². The minimum atomic E-state index is -0.203. The molecule has 2 nitrogen and oxygen atoms in total. The van der Waals surface area contributed by atoms with E-state index in [0.29, 0.717) is 11.7 Å². The van der Waals surface area contributed by atoms with Gasteiger partial charge in [-0.25, -0.2) is 4.39 Å². The highest BCUT2D eigenvalue weighted by atomic mass is 79.9. The Morgan fingerprint density at radius 3 is 2.71 bits per heavy atom. The maximum Gasteiger partial charge on any atom is 0.147 e. The maximum atomic E-state index is 13.8. The van der Waals surface area contributed by atoms with Crippen LogP contribution in [0.25, 0.3) is 0 Å². The van der Waals surface area contributed by atoms with E-state index in [9.17, 15) is 4.39 Å². The van der Waals surface area contributed by atoms with Crippen LogP contribution in [0, 0.1) is 5.82 Å². The molecule has 1 saturated heterocycles. The van der Waals surface area contributed by atoms with Crippen LogP contribution in [-0.2, 0) is 6.54 Å². The number of likely N-dealkylation sites (tertiary alicyclic amines) is 1. The van der Waals surface area contributed by atoms with E-state index in [1.807, 2.05) is 12.1 Å².